The van der Waals surface area contributed by atoms with E-state index in [0.717, 1.165) is 11.1 Å². The molecule has 142 valence electrons. The maximum atomic E-state index is 12.2. The largest absolute Gasteiger partial charge is 0.454 e. The van der Waals surface area contributed by atoms with E-state index in [1.165, 1.54) is 6.92 Å². The zero-order valence-corrected chi connectivity index (χ0v) is 16.0. The molecule has 0 spiro atoms. The summed E-state index contributed by atoms with van der Waals surface area (Å²) in [6, 6.07) is 14.3. The van der Waals surface area contributed by atoms with E-state index in [2.05, 4.69) is 19.2 Å². The second-order valence-corrected chi connectivity index (χ2v) is 6.71. The van der Waals surface area contributed by atoms with Gasteiger partial charge in [-0.3, -0.25) is 9.59 Å². The summed E-state index contributed by atoms with van der Waals surface area (Å²) in [4.78, 5) is 35.1. The second-order valence-electron chi connectivity index (χ2n) is 6.71. The molecule has 2 aromatic carbocycles. The number of hydrogen-bond acceptors (Lipinski definition) is 4. The fourth-order valence-electron chi connectivity index (χ4n) is 2.54. The number of amides is 1. The average molecular weight is 367 g/mol. The van der Waals surface area contributed by atoms with Gasteiger partial charge in [0, 0.05) is 19.0 Å². The maximum absolute atomic E-state index is 12.2. The molecule has 0 saturated carbocycles. The molecule has 0 fully saturated rings. The van der Waals surface area contributed by atoms with Gasteiger partial charge in [-0.2, -0.15) is 0 Å². The third-order valence-electron chi connectivity index (χ3n) is 4.21. The number of benzene rings is 2. The Kier molecular flexibility index (Phi) is 7.29. The summed E-state index contributed by atoms with van der Waals surface area (Å²) in [5.74, 6) is -0.443. The van der Waals surface area contributed by atoms with Crippen molar-refractivity contribution in [3.05, 3.63) is 70.8 Å². The molecule has 1 amide bonds. The number of esters is 1. The van der Waals surface area contributed by atoms with Gasteiger partial charge in [0.25, 0.3) is 0 Å². The normalized spacial score (nSPS) is 10.5. The Bertz CT molecular complexity index is 792. The smallest absolute Gasteiger partial charge is 0.338 e. The maximum Gasteiger partial charge on any atom is 0.338 e. The fourth-order valence-corrected chi connectivity index (χ4v) is 2.54. The highest BCUT2D eigenvalue weighted by atomic mass is 16.5. The molecule has 0 aliphatic rings. The van der Waals surface area contributed by atoms with E-state index in [4.69, 9.17) is 4.74 Å². The first-order valence-electron chi connectivity index (χ1n) is 9.00. The number of carbonyl (C=O) groups excluding carboxylic acids is 3. The van der Waals surface area contributed by atoms with Crippen LogP contribution >= 0.6 is 0 Å². The molecule has 0 bridgehead atoms. The minimum absolute atomic E-state index is 0.0672. The first-order valence-corrected chi connectivity index (χ1v) is 9.00. The van der Waals surface area contributed by atoms with Crippen LogP contribution in [0, 0.1) is 0 Å². The summed E-state index contributed by atoms with van der Waals surface area (Å²) in [6.07, 6.45) is 0.690. The van der Waals surface area contributed by atoms with Crippen LogP contribution in [0.1, 0.15) is 58.5 Å². The lowest BCUT2D eigenvalue weighted by Gasteiger charge is -2.08. The van der Waals surface area contributed by atoms with Crippen LogP contribution in [0.4, 0.5) is 0 Å². The van der Waals surface area contributed by atoms with Crippen LogP contribution in [0.2, 0.25) is 0 Å². The quantitative estimate of drug-likeness (QED) is 0.572. The topological polar surface area (TPSA) is 72.5 Å². The number of nitrogens with one attached hydrogen (secondary N) is 1. The van der Waals surface area contributed by atoms with Crippen molar-refractivity contribution in [2.45, 2.75) is 33.1 Å². The molecule has 1 N–H and O–H groups in total. The van der Waals surface area contributed by atoms with Crippen molar-refractivity contribution in [3.8, 4) is 0 Å². The van der Waals surface area contributed by atoms with Crippen LogP contribution in [0.15, 0.2) is 48.5 Å². The molecular formula is C22H25NO4. The Morgan fingerprint density at radius 2 is 1.52 bits per heavy atom. The van der Waals surface area contributed by atoms with E-state index in [9.17, 15) is 14.4 Å². The number of ether oxygens (including phenoxy) is 1. The number of hydrogen-bond donors (Lipinski definition) is 1. The summed E-state index contributed by atoms with van der Waals surface area (Å²) in [5, 5.41) is 2.73. The van der Waals surface area contributed by atoms with Gasteiger partial charge in [-0.05, 0) is 35.6 Å². The number of ketones is 1. The van der Waals surface area contributed by atoms with E-state index in [0.29, 0.717) is 30.0 Å². The highest BCUT2D eigenvalue weighted by Crippen LogP contribution is 2.15. The zero-order chi connectivity index (χ0) is 19.8. The molecule has 27 heavy (non-hydrogen) atoms. The fraction of sp³-hybridized carbons (Fsp3) is 0.318. The molecule has 0 radical (unpaired) electrons. The minimum atomic E-state index is -0.509. The third-order valence-corrected chi connectivity index (χ3v) is 4.21. The van der Waals surface area contributed by atoms with Gasteiger partial charge < -0.3 is 10.1 Å². The van der Waals surface area contributed by atoms with Crippen molar-refractivity contribution in [2.75, 3.05) is 13.2 Å². The molecule has 0 saturated heterocycles. The molecule has 5 nitrogen and oxygen atoms in total. The highest BCUT2D eigenvalue weighted by Gasteiger charge is 2.12. The van der Waals surface area contributed by atoms with Crippen molar-refractivity contribution in [1.29, 1.82) is 0 Å². The molecule has 2 rings (SSSR count). The summed E-state index contributed by atoms with van der Waals surface area (Å²) < 4.78 is 5.13. The molecule has 2 aromatic rings. The summed E-state index contributed by atoms with van der Waals surface area (Å²) in [6.45, 7) is 5.89. The van der Waals surface area contributed by atoms with Crippen LogP contribution in [0.25, 0.3) is 0 Å². The monoisotopic (exact) mass is 367 g/mol. The lowest BCUT2D eigenvalue weighted by atomic mass is 10.0. The summed E-state index contributed by atoms with van der Waals surface area (Å²) >= 11 is 0. The van der Waals surface area contributed by atoms with Gasteiger partial charge in [-0.25, -0.2) is 4.79 Å². The van der Waals surface area contributed by atoms with E-state index >= 15 is 0 Å². The van der Waals surface area contributed by atoms with Crippen molar-refractivity contribution < 1.29 is 19.1 Å². The van der Waals surface area contributed by atoms with Crippen molar-refractivity contribution >= 4 is 17.7 Å². The SMILES string of the molecule is CC(=O)NCCc1ccc(C(=O)COC(=O)c2ccc(C(C)C)cc2)cc1. The first-order chi connectivity index (χ1) is 12.9. The van der Waals surface area contributed by atoms with Crippen LogP contribution in [-0.2, 0) is 16.0 Å². The predicted molar refractivity (Wildman–Crippen MR) is 104 cm³/mol. The Labute approximate surface area is 159 Å². The Morgan fingerprint density at radius 1 is 0.926 bits per heavy atom. The number of rotatable bonds is 8. The van der Waals surface area contributed by atoms with Gasteiger partial charge in [0.1, 0.15) is 0 Å². The van der Waals surface area contributed by atoms with Gasteiger partial charge >= 0.3 is 5.97 Å². The van der Waals surface area contributed by atoms with Gasteiger partial charge in [-0.1, -0.05) is 50.2 Å². The second kappa shape index (κ2) is 9.67. The summed E-state index contributed by atoms with van der Waals surface area (Å²) in [5.41, 5.74) is 3.07. The van der Waals surface area contributed by atoms with Gasteiger partial charge in [0.15, 0.2) is 12.4 Å². The molecule has 0 aliphatic heterocycles. The molecule has 5 heteroatoms. The number of carbonyl (C=O) groups is 3. The van der Waals surface area contributed by atoms with E-state index in [1.807, 2.05) is 24.3 Å². The van der Waals surface area contributed by atoms with Crippen molar-refractivity contribution in [3.63, 3.8) is 0 Å². The third kappa shape index (κ3) is 6.37. The Balaban J connectivity index is 1.85. The number of Topliss-reactive ketones (excluding diaryl/α,β-unsaturated/α-hetero) is 1. The van der Waals surface area contributed by atoms with Crippen molar-refractivity contribution in [1.82, 2.24) is 5.32 Å². The Morgan fingerprint density at radius 3 is 2.07 bits per heavy atom. The average Bonchev–Trinajstić information content (AvgIpc) is 2.66. The standard InChI is InChI=1S/C22H25NO4/c1-15(2)18-8-10-20(11-9-18)22(26)27-14-21(25)19-6-4-17(5-7-19)12-13-23-16(3)24/h4-11,15H,12-14H2,1-3H3,(H,23,24). The van der Waals surface area contributed by atoms with Gasteiger partial charge in [0.2, 0.25) is 5.91 Å². The zero-order valence-electron chi connectivity index (χ0n) is 16.0. The van der Waals surface area contributed by atoms with Crippen LogP contribution < -0.4 is 5.32 Å². The molecule has 0 atom stereocenters. The minimum Gasteiger partial charge on any atom is -0.454 e. The van der Waals surface area contributed by atoms with Crippen molar-refractivity contribution in [2.24, 2.45) is 0 Å². The highest BCUT2D eigenvalue weighted by molar-refractivity contribution is 5.99. The van der Waals surface area contributed by atoms with Crippen LogP contribution in [0.5, 0.6) is 0 Å². The molecule has 0 aliphatic carbocycles. The van der Waals surface area contributed by atoms with E-state index in [-0.39, 0.29) is 18.3 Å². The molecular weight excluding hydrogens is 342 g/mol. The molecule has 0 unspecified atom stereocenters. The van der Waals surface area contributed by atoms with E-state index < -0.39 is 5.97 Å². The van der Waals surface area contributed by atoms with Gasteiger partial charge in [0.05, 0.1) is 5.56 Å². The summed E-state index contributed by atoms with van der Waals surface area (Å²) in [7, 11) is 0. The molecule has 0 heterocycles. The van der Waals surface area contributed by atoms with Crippen LogP contribution in [0.3, 0.4) is 0 Å². The van der Waals surface area contributed by atoms with Gasteiger partial charge in [-0.15, -0.1) is 0 Å². The lowest BCUT2D eigenvalue weighted by molar-refractivity contribution is -0.118. The Hall–Kier alpha value is -2.95. The molecule has 0 aromatic heterocycles. The van der Waals surface area contributed by atoms with E-state index in [1.54, 1.807) is 24.3 Å². The first kappa shape index (κ1) is 20.4. The lowest BCUT2D eigenvalue weighted by Crippen LogP contribution is -2.22. The predicted octanol–water partition coefficient (Wildman–Crippen LogP) is 3.53. The van der Waals surface area contributed by atoms with Crippen LogP contribution in [-0.4, -0.2) is 30.8 Å².